The maximum Gasteiger partial charge on any atom is 0.267 e. The van der Waals surface area contributed by atoms with E-state index in [9.17, 15) is 4.79 Å². The Morgan fingerprint density at radius 1 is 1.32 bits per heavy atom. The molecule has 2 heterocycles. The fourth-order valence-electron chi connectivity index (χ4n) is 2.30. The monoisotopic (exact) mass is 316 g/mol. The number of carbonyl (C=O) groups is 1. The van der Waals surface area contributed by atoms with E-state index in [0.717, 1.165) is 16.5 Å². The molecule has 0 bridgehead atoms. The number of rotatable bonds is 4. The zero-order chi connectivity index (χ0) is 15.7. The zero-order valence-electron chi connectivity index (χ0n) is 12.6. The van der Waals surface area contributed by atoms with Gasteiger partial charge in [-0.2, -0.15) is 0 Å². The number of anilines is 1. The number of nitrogens with one attached hydrogen (secondary N) is 1. The van der Waals surface area contributed by atoms with E-state index in [4.69, 9.17) is 4.74 Å². The van der Waals surface area contributed by atoms with E-state index in [1.165, 1.54) is 11.3 Å². The third kappa shape index (κ3) is 2.43. The van der Waals surface area contributed by atoms with Crippen LogP contribution in [0.4, 0.5) is 5.69 Å². The molecule has 1 aromatic carbocycles. The van der Waals surface area contributed by atoms with Crippen LogP contribution in [0, 0.1) is 13.8 Å². The van der Waals surface area contributed by atoms with Crippen LogP contribution in [0.3, 0.4) is 0 Å². The minimum atomic E-state index is -0.167. The van der Waals surface area contributed by atoms with Gasteiger partial charge in [-0.05, 0) is 32.9 Å². The average molecular weight is 316 g/mol. The topological polar surface area (TPSA) is 68.5 Å². The molecule has 1 N–H and O–H groups in total. The third-order valence-electron chi connectivity index (χ3n) is 3.29. The quantitative estimate of drug-likeness (QED) is 0.803. The van der Waals surface area contributed by atoms with Gasteiger partial charge >= 0.3 is 0 Å². The Hall–Kier alpha value is -2.41. The van der Waals surface area contributed by atoms with Gasteiger partial charge in [0.15, 0.2) is 0 Å². The van der Waals surface area contributed by atoms with Crippen LogP contribution in [-0.4, -0.2) is 27.1 Å². The number of amides is 1. The fourth-order valence-corrected chi connectivity index (χ4v) is 3.31. The molecule has 0 saturated heterocycles. The van der Waals surface area contributed by atoms with Crippen molar-refractivity contribution in [1.82, 2.24) is 14.6 Å². The summed E-state index contributed by atoms with van der Waals surface area (Å²) in [7, 11) is 0. The normalized spacial score (nSPS) is 10.9. The molecule has 0 radical (unpaired) electrons. The van der Waals surface area contributed by atoms with Gasteiger partial charge in [-0.25, -0.2) is 0 Å². The summed E-state index contributed by atoms with van der Waals surface area (Å²) in [6, 6.07) is 7.39. The summed E-state index contributed by atoms with van der Waals surface area (Å²) in [5.41, 5.74) is 1.50. The van der Waals surface area contributed by atoms with Crippen LogP contribution in [0.5, 0.6) is 5.75 Å². The summed E-state index contributed by atoms with van der Waals surface area (Å²) >= 11 is 1.33. The summed E-state index contributed by atoms with van der Waals surface area (Å²) in [5, 5.41) is 11.0. The van der Waals surface area contributed by atoms with Gasteiger partial charge < -0.3 is 10.1 Å². The summed E-state index contributed by atoms with van der Waals surface area (Å²) in [6.45, 7) is 6.21. The van der Waals surface area contributed by atoms with Crippen molar-refractivity contribution in [2.45, 2.75) is 20.8 Å². The van der Waals surface area contributed by atoms with Crippen molar-refractivity contribution < 1.29 is 9.53 Å². The van der Waals surface area contributed by atoms with Crippen molar-refractivity contribution in [1.29, 1.82) is 0 Å². The Bertz CT molecular complexity index is 837. The number of para-hydroxylation sites is 2. The number of fused-ring (bicyclic) bond motifs is 1. The van der Waals surface area contributed by atoms with E-state index in [2.05, 4.69) is 15.5 Å². The molecule has 0 fully saturated rings. The predicted octanol–water partition coefficient (Wildman–Crippen LogP) is 3.06. The average Bonchev–Trinajstić information content (AvgIpc) is 3.03. The smallest absolute Gasteiger partial charge is 0.267 e. The molecule has 0 aliphatic heterocycles. The van der Waals surface area contributed by atoms with E-state index in [-0.39, 0.29) is 5.91 Å². The Balaban J connectivity index is 1.92. The lowest BCUT2D eigenvalue weighted by Crippen LogP contribution is -2.13. The molecule has 0 aliphatic rings. The van der Waals surface area contributed by atoms with Crippen molar-refractivity contribution in [3.8, 4) is 5.75 Å². The maximum atomic E-state index is 12.6. The number of aromatic nitrogens is 3. The minimum absolute atomic E-state index is 0.167. The summed E-state index contributed by atoms with van der Waals surface area (Å²) in [6.07, 6.45) is 0. The molecule has 1 amide bonds. The number of aryl methyl sites for hydroxylation is 2. The highest BCUT2D eigenvalue weighted by atomic mass is 32.1. The molecule has 7 heteroatoms. The first-order chi connectivity index (χ1) is 10.6. The Labute approximate surface area is 131 Å². The lowest BCUT2D eigenvalue weighted by Gasteiger charge is -2.10. The van der Waals surface area contributed by atoms with Crippen molar-refractivity contribution >= 4 is 27.9 Å². The number of hydrogen-bond donors (Lipinski definition) is 1. The molecular formula is C15H16N4O2S. The second kappa shape index (κ2) is 5.76. The number of nitrogens with zero attached hydrogens (tertiary/aromatic N) is 3. The van der Waals surface area contributed by atoms with E-state index in [0.29, 0.717) is 22.9 Å². The van der Waals surface area contributed by atoms with Gasteiger partial charge in [0.2, 0.25) is 4.96 Å². The largest absolute Gasteiger partial charge is 0.492 e. The molecular weight excluding hydrogens is 300 g/mol. The standard InChI is InChI=1S/C15H16N4O2S/c1-4-21-12-8-6-5-7-11(12)16-14(20)13-9(2)19-10(3)17-18-15(19)22-13/h5-8H,4H2,1-3H3,(H,16,20). The van der Waals surface area contributed by atoms with E-state index in [1.54, 1.807) is 0 Å². The Morgan fingerprint density at radius 3 is 2.82 bits per heavy atom. The lowest BCUT2D eigenvalue weighted by molar-refractivity contribution is 0.102. The minimum Gasteiger partial charge on any atom is -0.492 e. The van der Waals surface area contributed by atoms with Crippen LogP contribution in [0.15, 0.2) is 24.3 Å². The van der Waals surface area contributed by atoms with E-state index >= 15 is 0 Å². The first-order valence-electron chi connectivity index (χ1n) is 6.96. The first kappa shape index (κ1) is 14.5. The van der Waals surface area contributed by atoms with Gasteiger partial charge in [-0.15, -0.1) is 10.2 Å². The van der Waals surface area contributed by atoms with Gasteiger partial charge in [0.05, 0.1) is 12.3 Å². The van der Waals surface area contributed by atoms with E-state index < -0.39 is 0 Å². The van der Waals surface area contributed by atoms with Gasteiger partial charge in [0.25, 0.3) is 5.91 Å². The fraction of sp³-hybridized carbons (Fsp3) is 0.267. The second-order valence-corrected chi connectivity index (χ2v) is 5.74. The number of ether oxygens (including phenoxy) is 1. The molecule has 0 spiro atoms. The van der Waals surface area contributed by atoms with Crippen LogP contribution in [0.2, 0.25) is 0 Å². The Kier molecular flexibility index (Phi) is 3.81. The summed E-state index contributed by atoms with van der Waals surface area (Å²) in [4.78, 5) is 13.9. The molecule has 2 aromatic heterocycles. The molecule has 6 nitrogen and oxygen atoms in total. The van der Waals surface area contributed by atoms with Crippen molar-refractivity contribution in [2.24, 2.45) is 0 Å². The van der Waals surface area contributed by atoms with Gasteiger partial charge in [0.1, 0.15) is 16.5 Å². The molecule has 22 heavy (non-hydrogen) atoms. The highest BCUT2D eigenvalue weighted by molar-refractivity contribution is 7.19. The maximum absolute atomic E-state index is 12.6. The molecule has 0 aliphatic carbocycles. The van der Waals surface area contributed by atoms with Crippen LogP contribution >= 0.6 is 11.3 Å². The van der Waals surface area contributed by atoms with Gasteiger partial charge in [-0.3, -0.25) is 9.20 Å². The first-order valence-corrected chi connectivity index (χ1v) is 7.77. The third-order valence-corrected chi connectivity index (χ3v) is 4.43. The van der Waals surface area contributed by atoms with Gasteiger partial charge in [0, 0.05) is 5.69 Å². The van der Waals surface area contributed by atoms with Crippen molar-refractivity contribution in [3.05, 3.63) is 40.7 Å². The van der Waals surface area contributed by atoms with Crippen LogP contribution in [0.1, 0.15) is 28.1 Å². The molecule has 0 unspecified atom stereocenters. The Morgan fingerprint density at radius 2 is 2.09 bits per heavy atom. The molecule has 0 saturated carbocycles. The molecule has 3 rings (SSSR count). The van der Waals surface area contributed by atoms with Gasteiger partial charge in [-0.1, -0.05) is 23.5 Å². The molecule has 3 aromatic rings. The number of hydrogen-bond acceptors (Lipinski definition) is 5. The van der Waals surface area contributed by atoms with E-state index in [1.807, 2.05) is 49.4 Å². The zero-order valence-corrected chi connectivity index (χ0v) is 13.4. The second-order valence-electron chi connectivity index (χ2n) is 4.77. The SMILES string of the molecule is CCOc1ccccc1NC(=O)c1sc2nnc(C)n2c1C. The predicted molar refractivity (Wildman–Crippen MR) is 85.9 cm³/mol. The number of thiazole rings is 1. The summed E-state index contributed by atoms with van der Waals surface area (Å²) in [5.74, 6) is 1.27. The van der Waals surface area contributed by atoms with Crippen LogP contribution in [-0.2, 0) is 0 Å². The van der Waals surface area contributed by atoms with Crippen LogP contribution in [0.25, 0.3) is 4.96 Å². The number of benzene rings is 1. The molecule has 114 valence electrons. The van der Waals surface area contributed by atoms with Crippen molar-refractivity contribution in [3.63, 3.8) is 0 Å². The molecule has 0 atom stereocenters. The van der Waals surface area contributed by atoms with Crippen LogP contribution < -0.4 is 10.1 Å². The van der Waals surface area contributed by atoms with Crippen molar-refractivity contribution in [2.75, 3.05) is 11.9 Å². The highest BCUT2D eigenvalue weighted by Crippen LogP contribution is 2.27. The lowest BCUT2D eigenvalue weighted by atomic mass is 10.2. The highest BCUT2D eigenvalue weighted by Gasteiger charge is 2.19. The number of carbonyl (C=O) groups excluding carboxylic acids is 1. The summed E-state index contributed by atoms with van der Waals surface area (Å²) < 4.78 is 7.41.